The molecule has 1 unspecified atom stereocenters. The summed E-state index contributed by atoms with van der Waals surface area (Å²) in [5.41, 5.74) is 0.920. The molecule has 6 nitrogen and oxygen atoms in total. The van der Waals surface area contributed by atoms with Crippen LogP contribution < -0.4 is 0 Å². The van der Waals surface area contributed by atoms with E-state index < -0.39 is 5.95 Å². The molecule has 0 spiro atoms. The molecule has 0 bridgehead atoms. The molecule has 1 saturated heterocycles. The highest BCUT2D eigenvalue weighted by Crippen LogP contribution is 2.28. The Morgan fingerprint density at radius 2 is 2.00 bits per heavy atom. The van der Waals surface area contributed by atoms with Gasteiger partial charge in [0.1, 0.15) is 5.82 Å². The minimum Gasteiger partial charge on any atom is -0.339 e. The number of amides is 1. The van der Waals surface area contributed by atoms with E-state index in [-0.39, 0.29) is 23.2 Å². The maximum atomic E-state index is 13.3. The molecule has 1 amide bonds. The van der Waals surface area contributed by atoms with E-state index in [0.717, 1.165) is 18.9 Å². The average molecular weight is 370 g/mol. The number of hydrogen-bond acceptors (Lipinski definition) is 5. The highest BCUT2D eigenvalue weighted by molar-refractivity contribution is 5.94. The van der Waals surface area contributed by atoms with E-state index in [0.29, 0.717) is 30.4 Å². The molecular weight excluding hydrogens is 354 g/mol. The molecule has 3 heterocycles. The van der Waals surface area contributed by atoms with Crippen molar-refractivity contribution >= 4 is 5.91 Å². The van der Waals surface area contributed by atoms with Crippen molar-refractivity contribution in [1.82, 2.24) is 20.0 Å². The second-order valence-corrected chi connectivity index (χ2v) is 6.42. The van der Waals surface area contributed by atoms with Gasteiger partial charge in [-0.05, 0) is 43.2 Å². The third-order valence-corrected chi connectivity index (χ3v) is 4.58. The van der Waals surface area contributed by atoms with Crippen LogP contribution in [0.3, 0.4) is 0 Å². The number of carbonyl (C=O) groups excluding carboxylic acids is 1. The SMILES string of the molecule is O=C(c1ccnc(F)c1)N1CCCC(c2nc(-c3ccc(F)cc3)no2)C1. The second kappa shape index (κ2) is 7.22. The second-order valence-electron chi connectivity index (χ2n) is 6.42. The van der Waals surface area contributed by atoms with Gasteiger partial charge in [-0.2, -0.15) is 9.37 Å². The molecule has 27 heavy (non-hydrogen) atoms. The Balaban J connectivity index is 1.50. The molecule has 1 aliphatic heterocycles. The van der Waals surface area contributed by atoms with E-state index in [1.165, 1.54) is 24.4 Å². The molecule has 4 rings (SSSR count). The fourth-order valence-corrected chi connectivity index (χ4v) is 3.20. The predicted molar refractivity (Wildman–Crippen MR) is 91.8 cm³/mol. The normalized spacial score (nSPS) is 17.1. The Morgan fingerprint density at radius 1 is 1.19 bits per heavy atom. The Morgan fingerprint density at radius 3 is 2.78 bits per heavy atom. The van der Waals surface area contributed by atoms with E-state index in [1.807, 2.05) is 0 Å². The van der Waals surface area contributed by atoms with Crippen LogP contribution in [0, 0.1) is 11.8 Å². The van der Waals surface area contributed by atoms with Crippen LogP contribution in [0.15, 0.2) is 47.1 Å². The molecule has 2 aromatic heterocycles. The molecule has 0 N–H and O–H groups in total. The monoisotopic (exact) mass is 370 g/mol. The Bertz CT molecular complexity index is 958. The first-order valence-electron chi connectivity index (χ1n) is 8.60. The molecule has 1 aliphatic rings. The van der Waals surface area contributed by atoms with Crippen LogP contribution in [-0.2, 0) is 0 Å². The summed E-state index contributed by atoms with van der Waals surface area (Å²) in [6.07, 6.45) is 2.86. The summed E-state index contributed by atoms with van der Waals surface area (Å²) < 4.78 is 31.7. The van der Waals surface area contributed by atoms with Gasteiger partial charge in [0.25, 0.3) is 5.91 Å². The Hall–Kier alpha value is -3.16. The predicted octanol–water partition coefficient (Wildman–Crippen LogP) is 3.43. The molecule has 1 fully saturated rings. The van der Waals surface area contributed by atoms with Crippen molar-refractivity contribution in [3.63, 3.8) is 0 Å². The smallest absolute Gasteiger partial charge is 0.254 e. The van der Waals surface area contributed by atoms with E-state index in [4.69, 9.17) is 4.52 Å². The lowest BCUT2D eigenvalue weighted by molar-refractivity contribution is 0.0695. The number of halogens is 2. The van der Waals surface area contributed by atoms with Gasteiger partial charge in [0.2, 0.25) is 17.7 Å². The van der Waals surface area contributed by atoms with Crippen LogP contribution in [0.1, 0.15) is 35.0 Å². The minimum absolute atomic E-state index is 0.101. The molecule has 1 atom stereocenters. The molecule has 1 aromatic carbocycles. The van der Waals surface area contributed by atoms with E-state index in [9.17, 15) is 13.6 Å². The van der Waals surface area contributed by atoms with Crippen molar-refractivity contribution < 1.29 is 18.1 Å². The van der Waals surface area contributed by atoms with E-state index >= 15 is 0 Å². The van der Waals surface area contributed by atoms with Crippen molar-refractivity contribution in [2.24, 2.45) is 0 Å². The first kappa shape index (κ1) is 17.3. The number of hydrogen-bond donors (Lipinski definition) is 0. The van der Waals surface area contributed by atoms with E-state index in [1.54, 1.807) is 17.0 Å². The van der Waals surface area contributed by atoms with Crippen molar-refractivity contribution in [2.45, 2.75) is 18.8 Å². The summed E-state index contributed by atoms with van der Waals surface area (Å²) in [4.78, 5) is 22.2. The first-order chi connectivity index (χ1) is 13.1. The zero-order valence-corrected chi connectivity index (χ0v) is 14.3. The average Bonchev–Trinajstić information content (AvgIpc) is 3.18. The zero-order valence-electron chi connectivity index (χ0n) is 14.3. The van der Waals surface area contributed by atoms with Crippen LogP contribution in [0.2, 0.25) is 0 Å². The van der Waals surface area contributed by atoms with Gasteiger partial charge in [-0.15, -0.1) is 0 Å². The zero-order chi connectivity index (χ0) is 18.8. The van der Waals surface area contributed by atoms with Gasteiger partial charge in [0.15, 0.2) is 0 Å². The molecule has 0 radical (unpaired) electrons. The van der Waals surface area contributed by atoms with Crippen molar-refractivity contribution in [1.29, 1.82) is 0 Å². The lowest BCUT2D eigenvalue weighted by atomic mass is 9.97. The maximum absolute atomic E-state index is 13.3. The molecule has 8 heteroatoms. The fourth-order valence-electron chi connectivity index (χ4n) is 3.20. The maximum Gasteiger partial charge on any atom is 0.254 e. The summed E-state index contributed by atoms with van der Waals surface area (Å²) in [6.45, 7) is 0.992. The summed E-state index contributed by atoms with van der Waals surface area (Å²) >= 11 is 0. The van der Waals surface area contributed by atoms with Crippen LogP contribution in [0.25, 0.3) is 11.4 Å². The lowest BCUT2D eigenvalue weighted by Gasteiger charge is -2.31. The van der Waals surface area contributed by atoms with Crippen LogP contribution >= 0.6 is 0 Å². The van der Waals surface area contributed by atoms with Crippen LogP contribution in [-0.4, -0.2) is 39.0 Å². The minimum atomic E-state index is -0.685. The topological polar surface area (TPSA) is 72.1 Å². The Kier molecular flexibility index (Phi) is 4.62. The number of pyridine rings is 1. The third kappa shape index (κ3) is 3.69. The lowest BCUT2D eigenvalue weighted by Crippen LogP contribution is -2.39. The van der Waals surface area contributed by atoms with Crippen molar-refractivity contribution in [3.05, 3.63) is 65.8 Å². The highest BCUT2D eigenvalue weighted by atomic mass is 19.1. The number of carbonyl (C=O) groups is 1. The van der Waals surface area contributed by atoms with Crippen molar-refractivity contribution in [2.75, 3.05) is 13.1 Å². The highest BCUT2D eigenvalue weighted by Gasteiger charge is 2.29. The van der Waals surface area contributed by atoms with Crippen LogP contribution in [0.5, 0.6) is 0 Å². The van der Waals surface area contributed by atoms with Gasteiger partial charge >= 0.3 is 0 Å². The molecular formula is C19H16F2N4O2. The molecule has 0 saturated carbocycles. The number of nitrogens with zero attached hydrogens (tertiary/aromatic N) is 4. The van der Waals surface area contributed by atoms with Gasteiger partial charge in [0.05, 0.1) is 5.92 Å². The number of aromatic nitrogens is 3. The fraction of sp³-hybridized carbons (Fsp3) is 0.263. The van der Waals surface area contributed by atoms with Gasteiger partial charge in [0, 0.05) is 36.5 Å². The first-order valence-corrected chi connectivity index (χ1v) is 8.60. The van der Waals surface area contributed by atoms with E-state index in [2.05, 4.69) is 15.1 Å². The summed E-state index contributed by atoms with van der Waals surface area (Å²) in [5, 5.41) is 3.96. The van der Waals surface area contributed by atoms with Gasteiger partial charge in [-0.3, -0.25) is 4.79 Å². The van der Waals surface area contributed by atoms with Gasteiger partial charge < -0.3 is 9.42 Å². The largest absolute Gasteiger partial charge is 0.339 e. The standard InChI is InChI=1S/C19H16F2N4O2/c20-15-5-3-12(4-6-15)17-23-18(27-24-17)14-2-1-9-25(11-14)19(26)13-7-8-22-16(21)10-13/h3-8,10,14H,1-2,9,11H2. The van der Waals surface area contributed by atoms with Gasteiger partial charge in [-0.25, -0.2) is 9.37 Å². The van der Waals surface area contributed by atoms with Crippen LogP contribution in [0.4, 0.5) is 8.78 Å². The summed E-state index contributed by atoms with van der Waals surface area (Å²) in [7, 11) is 0. The third-order valence-electron chi connectivity index (χ3n) is 4.58. The molecule has 3 aromatic rings. The quantitative estimate of drug-likeness (QED) is 0.661. The number of likely N-dealkylation sites (tertiary alicyclic amines) is 1. The van der Waals surface area contributed by atoms with Gasteiger partial charge in [-0.1, -0.05) is 5.16 Å². The Labute approximate surface area is 153 Å². The summed E-state index contributed by atoms with van der Waals surface area (Å²) in [5.74, 6) is -0.556. The number of piperidine rings is 1. The number of rotatable bonds is 3. The summed E-state index contributed by atoms with van der Waals surface area (Å²) in [6, 6.07) is 8.46. The van der Waals surface area contributed by atoms with Crippen molar-refractivity contribution in [3.8, 4) is 11.4 Å². The molecule has 138 valence electrons. The number of benzene rings is 1. The molecule has 0 aliphatic carbocycles.